The first-order valence-corrected chi connectivity index (χ1v) is 9.05. The van der Waals surface area contributed by atoms with Gasteiger partial charge >= 0.3 is 0 Å². The van der Waals surface area contributed by atoms with Crippen LogP contribution in [0, 0.1) is 0 Å². The highest BCUT2D eigenvalue weighted by molar-refractivity contribution is 5.97. The maximum absolute atomic E-state index is 12.6. The van der Waals surface area contributed by atoms with Crippen LogP contribution in [0.15, 0.2) is 41.3 Å². The molecule has 7 heteroatoms. The molecule has 0 saturated carbocycles. The number of aryl methyl sites for hydroxylation is 1. The third-order valence-corrected chi connectivity index (χ3v) is 4.65. The Kier molecular flexibility index (Phi) is 4.58. The summed E-state index contributed by atoms with van der Waals surface area (Å²) in [6.07, 6.45) is 3.38. The van der Waals surface area contributed by atoms with Crippen molar-refractivity contribution >= 4 is 16.8 Å². The topological polar surface area (TPSA) is 86.1 Å². The van der Waals surface area contributed by atoms with Gasteiger partial charge < -0.3 is 10.1 Å². The van der Waals surface area contributed by atoms with Gasteiger partial charge in [0.05, 0.1) is 17.5 Å². The van der Waals surface area contributed by atoms with Crippen molar-refractivity contribution in [3.05, 3.63) is 63.8 Å². The van der Waals surface area contributed by atoms with Crippen LogP contribution in [0.4, 0.5) is 0 Å². The van der Waals surface area contributed by atoms with Gasteiger partial charge in [0.25, 0.3) is 11.5 Å². The Hall–Kier alpha value is -3.22. The second-order valence-corrected chi connectivity index (χ2v) is 6.40. The van der Waals surface area contributed by atoms with Crippen molar-refractivity contribution in [1.82, 2.24) is 19.9 Å². The fourth-order valence-corrected chi connectivity index (χ4v) is 3.33. The van der Waals surface area contributed by atoms with Crippen LogP contribution in [0.3, 0.4) is 0 Å². The lowest BCUT2D eigenvalue weighted by Crippen LogP contribution is -2.24. The number of rotatable bonds is 5. The number of fused-ring (bicyclic) bond motifs is 2. The Morgan fingerprint density at radius 3 is 3.07 bits per heavy atom. The maximum atomic E-state index is 12.6. The number of benzene rings is 1. The Balaban J connectivity index is 1.57. The molecule has 0 saturated heterocycles. The van der Waals surface area contributed by atoms with Gasteiger partial charge in [0.2, 0.25) is 5.88 Å². The highest BCUT2D eigenvalue weighted by atomic mass is 16.5. The molecular formula is C20H20N4O3. The zero-order valence-corrected chi connectivity index (χ0v) is 15.1. The quantitative estimate of drug-likeness (QED) is 0.749. The van der Waals surface area contributed by atoms with Gasteiger partial charge in [-0.3, -0.25) is 14.2 Å². The van der Waals surface area contributed by atoms with E-state index in [2.05, 4.69) is 15.3 Å². The molecule has 4 rings (SSSR count). The van der Waals surface area contributed by atoms with Crippen molar-refractivity contribution in [3.63, 3.8) is 0 Å². The van der Waals surface area contributed by atoms with E-state index in [0.29, 0.717) is 42.0 Å². The summed E-state index contributed by atoms with van der Waals surface area (Å²) in [6.45, 7) is 3.42. The lowest BCUT2D eigenvalue weighted by molar-refractivity contribution is 0.0950. The minimum Gasteiger partial charge on any atom is -0.478 e. The second kappa shape index (κ2) is 7.19. The average Bonchev–Trinajstić information content (AvgIpc) is 3.16. The Morgan fingerprint density at radius 2 is 2.22 bits per heavy atom. The van der Waals surface area contributed by atoms with Crippen molar-refractivity contribution < 1.29 is 9.53 Å². The number of nitrogens with zero attached hydrogens (tertiary/aromatic N) is 3. The van der Waals surface area contributed by atoms with Crippen LogP contribution in [-0.4, -0.2) is 27.0 Å². The first-order chi connectivity index (χ1) is 13.2. The van der Waals surface area contributed by atoms with E-state index in [1.54, 1.807) is 35.0 Å². The van der Waals surface area contributed by atoms with Crippen LogP contribution in [0.5, 0.6) is 5.88 Å². The molecule has 0 aliphatic carbocycles. The molecule has 0 atom stereocenters. The highest BCUT2D eigenvalue weighted by Gasteiger charge is 2.17. The van der Waals surface area contributed by atoms with Gasteiger partial charge in [-0.05, 0) is 37.6 Å². The first kappa shape index (κ1) is 17.2. The molecule has 1 aliphatic rings. The molecule has 2 aromatic heterocycles. The monoisotopic (exact) mass is 364 g/mol. The van der Waals surface area contributed by atoms with Crippen molar-refractivity contribution in [1.29, 1.82) is 0 Å². The predicted octanol–water partition coefficient (Wildman–Crippen LogP) is 2.07. The average molecular weight is 364 g/mol. The highest BCUT2D eigenvalue weighted by Crippen LogP contribution is 2.17. The largest absolute Gasteiger partial charge is 0.478 e. The smallest absolute Gasteiger partial charge is 0.261 e. The van der Waals surface area contributed by atoms with Gasteiger partial charge in [-0.15, -0.1) is 0 Å². The van der Waals surface area contributed by atoms with E-state index in [4.69, 9.17) is 4.74 Å². The van der Waals surface area contributed by atoms with Gasteiger partial charge in [-0.25, -0.2) is 9.97 Å². The molecule has 3 aromatic rings. The fourth-order valence-electron chi connectivity index (χ4n) is 3.33. The normalized spacial score (nSPS) is 12.8. The van der Waals surface area contributed by atoms with E-state index < -0.39 is 0 Å². The van der Waals surface area contributed by atoms with E-state index in [9.17, 15) is 9.59 Å². The molecule has 3 heterocycles. The minimum atomic E-state index is -0.231. The van der Waals surface area contributed by atoms with Crippen molar-refractivity contribution in [2.75, 3.05) is 6.61 Å². The van der Waals surface area contributed by atoms with Crippen molar-refractivity contribution in [3.8, 4) is 5.88 Å². The maximum Gasteiger partial charge on any atom is 0.261 e. The third-order valence-electron chi connectivity index (χ3n) is 4.65. The summed E-state index contributed by atoms with van der Waals surface area (Å²) in [7, 11) is 0. The molecule has 0 fully saturated rings. The number of hydrogen-bond donors (Lipinski definition) is 1. The summed E-state index contributed by atoms with van der Waals surface area (Å²) >= 11 is 0. The van der Waals surface area contributed by atoms with E-state index >= 15 is 0 Å². The SMILES string of the molecule is CCOc1ncccc1CNC(=O)c1ccc2c(=O)n3c(nc2c1)CCC3. The zero-order valence-electron chi connectivity index (χ0n) is 15.1. The summed E-state index contributed by atoms with van der Waals surface area (Å²) in [5.41, 5.74) is 1.82. The molecule has 1 aliphatic heterocycles. The van der Waals surface area contributed by atoms with Crippen LogP contribution in [0.25, 0.3) is 10.9 Å². The van der Waals surface area contributed by atoms with Crippen molar-refractivity contribution in [2.24, 2.45) is 0 Å². The Morgan fingerprint density at radius 1 is 1.33 bits per heavy atom. The third kappa shape index (κ3) is 3.28. The van der Waals surface area contributed by atoms with Crippen LogP contribution in [0.1, 0.15) is 35.1 Å². The van der Waals surface area contributed by atoms with Gasteiger partial charge in [-0.1, -0.05) is 6.07 Å². The lowest BCUT2D eigenvalue weighted by atomic mass is 10.1. The number of ether oxygens (including phenoxy) is 1. The number of carbonyl (C=O) groups is 1. The summed E-state index contributed by atoms with van der Waals surface area (Å²) in [4.78, 5) is 33.8. The molecule has 1 N–H and O–H groups in total. The number of carbonyl (C=O) groups excluding carboxylic acids is 1. The number of amides is 1. The van der Waals surface area contributed by atoms with Gasteiger partial charge in [-0.2, -0.15) is 0 Å². The summed E-state index contributed by atoms with van der Waals surface area (Å²) in [5, 5.41) is 3.42. The fraction of sp³-hybridized carbons (Fsp3) is 0.300. The predicted molar refractivity (Wildman–Crippen MR) is 101 cm³/mol. The van der Waals surface area contributed by atoms with E-state index in [0.717, 1.165) is 24.2 Å². The number of aromatic nitrogens is 3. The Bertz CT molecular complexity index is 1070. The standard InChI is InChI=1S/C20H20N4O3/c1-2-27-19-14(5-3-9-21-19)12-22-18(25)13-7-8-15-16(11-13)23-17-6-4-10-24(17)20(15)26/h3,5,7-9,11H,2,4,6,10,12H2,1H3,(H,22,25). The van der Waals surface area contributed by atoms with E-state index in [1.165, 1.54) is 0 Å². The first-order valence-electron chi connectivity index (χ1n) is 9.05. The lowest BCUT2D eigenvalue weighted by Gasteiger charge is -2.10. The number of hydrogen-bond acceptors (Lipinski definition) is 5. The van der Waals surface area contributed by atoms with Gasteiger partial charge in [0.15, 0.2) is 0 Å². The van der Waals surface area contributed by atoms with Crippen LogP contribution >= 0.6 is 0 Å². The van der Waals surface area contributed by atoms with Gasteiger partial charge in [0, 0.05) is 36.8 Å². The second-order valence-electron chi connectivity index (χ2n) is 6.40. The van der Waals surface area contributed by atoms with Gasteiger partial charge in [0.1, 0.15) is 5.82 Å². The molecule has 0 radical (unpaired) electrons. The summed E-state index contributed by atoms with van der Waals surface area (Å²) in [5.74, 6) is 1.08. The van der Waals surface area contributed by atoms with Crippen LogP contribution < -0.4 is 15.6 Å². The molecular weight excluding hydrogens is 344 g/mol. The molecule has 7 nitrogen and oxygen atoms in total. The molecule has 138 valence electrons. The Labute approximate surface area is 156 Å². The molecule has 1 aromatic carbocycles. The molecule has 0 bridgehead atoms. The summed E-state index contributed by atoms with van der Waals surface area (Å²) < 4.78 is 7.20. The molecule has 27 heavy (non-hydrogen) atoms. The number of pyridine rings is 1. The molecule has 0 unspecified atom stereocenters. The minimum absolute atomic E-state index is 0.0313. The van der Waals surface area contributed by atoms with E-state index in [1.807, 2.05) is 13.0 Å². The van der Waals surface area contributed by atoms with Crippen LogP contribution in [-0.2, 0) is 19.5 Å². The van der Waals surface area contributed by atoms with E-state index in [-0.39, 0.29) is 11.5 Å². The van der Waals surface area contributed by atoms with Crippen LogP contribution in [0.2, 0.25) is 0 Å². The molecule has 1 amide bonds. The summed E-state index contributed by atoms with van der Waals surface area (Å²) in [6, 6.07) is 8.69. The molecule has 0 spiro atoms. The van der Waals surface area contributed by atoms with Crippen molar-refractivity contribution in [2.45, 2.75) is 32.9 Å². The number of nitrogens with one attached hydrogen (secondary N) is 1. The zero-order chi connectivity index (χ0) is 18.8.